The number of nitrogens with two attached hydrogens (primary N) is 1. The Morgan fingerprint density at radius 3 is 2.67 bits per heavy atom. The highest BCUT2D eigenvalue weighted by Gasteiger charge is 2.17. The summed E-state index contributed by atoms with van der Waals surface area (Å²) < 4.78 is 26.5. The first kappa shape index (κ1) is 12.8. The van der Waals surface area contributed by atoms with Crippen LogP contribution in [0, 0.1) is 11.6 Å². The minimum absolute atomic E-state index is 0.0603. The molecule has 3 N–H and O–H groups in total. The molecule has 1 aromatic carbocycles. The first-order valence-electron chi connectivity index (χ1n) is 4.78. The number of hydrogen-bond donors (Lipinski definition) is 2. The zero-order valence-electron chi connectivity index (χ0n) is 8.84. The summed E-state index contributed by atoms with van der Waals surface area (Å²) in [4.78, 5) is 12.0. The summed E-state index contributed by atoms with van der Waals surface area (Å²) in [6.45, 7) is 0. The lowest BCUT2D eigenvalue weighted by molar-refractivity contribution is 0.103. The van der Waals surface area contributed by atoms with Gasteiger partial charge in [-0.15, -0.1) is 11.3 Å². The number of amides is 1. The molecule has 2 aromatic rings. The number of benzene rings is 1. The third-order valence-corrected chi connectivity index (χ3v) is 3.53. The number of thiophene rings is 1. The highest BCUT2D eigenvalue weighted by atomic mass is 35.5. The molecule has 1 aromatic heterocycles. The Labute approximate surface area is 110 Å². The molecule has 0 unspecified atom stereocenters. The molecule has 94 valence electrons. The van der Waals surface area contributed by atoms with E-state index in [4.69, 9.17) is 17.3 Å². The molecule has 0 aliphatic rings. The second-order valence-electron chi connectivity index (χ2n) is 3.38. The molecule has 0 aliphatic carbocycles. The Bertz CT molecular complexity index is 615. The van der Waals surface area contributed by atoms with Gasteiger partial charge in [-0.05, 0) is 23.6 Å². The van der Waals surface area contributed by atoms with Crippen LogP contribution in [-0.4, -0.2) is 5.91 Å². The lowest BCUT2D eigenvalue weighted by Crippen LogP contribution is -2.14. The largest absolute Gasteiger partial charge is 0.397 e. The molecule has 0 saturated carbocycles. The molecule has 0 saturated heterocycles. The number of carbonyl (C=O) groups is 1. The number of hydrogen-bond acceptors (Lipinski definition) is 3. The van der Waals surface area contributed by atoms with Gasteiger partial charge >= 0.3 is 0 Å². The van der Waals surface area contributed by atoms with Crippen LogP contribution < -0.4 is 11.1 Å². The van der Waals surface area contributed by atoms with Crippen LogP contribution in [0.3, 0.4) is 0 Å². The van der Waals surface area contributed by atoms with Crippen molar-refractivity contribution in [3.8, 4) is 0 Å². The van der Waals surface area contributed by atoms with Crippen LogP contribution in [0.5, 0.6) is 0 Å². The van der Waals surface area contributed by atoms with Crippen LogP contribution >= 0.6 is 22.9 Å². The van der Waals surface area contributed by atoms with E-state index in [1.807, 2.05) is 0 Å². The summed E-state index contributed by atoms with van der Waals surface area (Å²) in [7, 11) is 0. The van der Waals surface area contributed by atoms with Gasteiger partial charge in [0.25, 0.3) is 5.91 Å². The monoisotopic (exact) mass is 288 g/mol. The van der Waals surface area contributed by atoms with E-state index < -0.39 is 17.5 Å². The van der Waals surface area contributed by atoms with Crippen molar-refractivity contribution in [3.05, 3.63) is 45.1 Å². The molecule has 0 spiro atoms. The van der Waals surface area contributed by atoms with Crippen molar-refractivity contribution in [1.29, 1.82) is 0 Å². The van der Waals surface area contributed by atoms with Crippen LogP contribution in [0.1, 0.15) is 9.67 Å². The van der Waals surface area contributed by atoms with Gasteiger partial charge in [0.2, 0.25) is 0 Å². The number of nitrogens with one attached hydrogen (secondary N) is 1. The summed E-state index contributed by atoms with van der Waals surface area (Å²) in [5.74, 6) is -2.92. The molecule has 2 rings (SSSR count). The van der Waals surface area contributed by atoms with Crippen molar-refractivity contribution in [2.24, 2.45) is 0 Å². The molecule has 0 bridgehead atoms. The lowest BCUT2D eigenvalue weighted by atomic mass is 10.2. The van der Waals surface area contributed by atoms with Crippen LogP contribution in [-0.2, 0) is 0 Å². The van der Waals surface area contributed by atoms with Crippen molar-refractivity contribution < 1.29 is 13.6 Å². The average Bonchev–Trinajstić information content (AvgIpc) is 2.76. The molecular formula is C11H7ClF2N2OS. The van der Waals surface area contributed by atoms with Crippen LogP contribution in [0.2, 0.25) is 5.02 Å². The second-order valence-corrected chi connectivity index (χ2v) is 4.70. The molecule has 3 nitrogen and oxygen atoms in total. The number of halogens is 3. The van der Waals surface area contributed by atoms with E-state index in [1.165, 1.54) is 12.1 Å². The fraction of sp³-hybridized carbons (Fsp3) is 0. The standard InChI is InChI=1S/C11H7ClF2N2OS/c12-5-3-4-18-10(5)11(17)16-9-7(15)2-1-6(13)8(9)14/h1-4H,15H2,(H,16,17). The summed E-state index contributed by atoms with van der Waals surface area (Å²) in [6, 6.07) is 3.59. The third-order valence-electron chi connectivity index (χ3n) is 2.19. The van der Waals surface area contributed by atoms with Gasteiger partial charge in [-0.25, -0.2) is 8.78 Å². The smallest absolute Gasteiger partial charge is 0.267 e. The van der Waals surface area contributed by atoms with E-state index in [2.05, 4.69) is 5.32 Å². The topological polar surface area (TPSA) is 55.1 Å². The third kappa shape index (κ3) is 2.30. The molecule has 0 radical (unpaired) electrons. The van der Waals surface area contributed by atoms with Crippen LogP contribution in [0.25, 0.3) is 0 Å². The Kier molecular flexibility index (Phi) is 3.49. The van der Waals surface area contributed by atoms with Gasteiger partial charge < -0.3 is 11.1 Å². The summed E-state index contributed by atoms with van der Waals surface area (Å²) >= 11 is 6.85. The lowest BCUT2D eigenvalue weighted by Gasteiger charge is -2.09. The maximum absolute atomic E-state index is 13.5. The normalized spacial score (nSPS) is 10.4. The molecule has 0 atom stereocenters. The van der Waals surface area contributed by atoms with Crippen LogP contribution in [0.4, 0.5) is 20.2 Å². The van der Waals surface area contributed by atoms with E-state index in [0.29, 0.717) is 0 Å². The van der Waals surface area contributed by atoms with E-state index in [1.54, 1.807) is 5.38 Å². The minimum atomic E-state index is -1.20. The van der Waals surface area contributed by atoms with Crippen molar-refractivity contribution in [2.45, 2.75) is 0 Å². The van der Waals surface area contributed by atoms with Gasteiger partial charge in [0.15, 0.2) is 11.6 Å². The molecule has 1 amide bonds. The van der Waals surface area contributed by atoms with Gasteiger partial charge in [-0.2, -0.15) is 0 Å². The summed E-state index contributed by atoms with van der Waals surface area (Å²) in [5, 5.41) is 4.07. The van der Waals surface area contributed by atoms with Crippen molar-refractivity contribution in [3.63, 3.8) is 0 Å². The number of carbonyl (C=O) groups excluding carboxylic acids is 1. The van der Waals surface area contributed by atoms with Gasteiger partial charge in [0.05, 0.1) is 10.7 Å². The van der Waals surface area contributed by atoms with Gasteiger partial charge in [0, 0.05) is 0 Å². The molecule has 0 fully saturated rings. The Balaban J connectivity index is 2.33. The fourth-order valence-corrected chi connectivity index (χ4v) is 2.35. The summed E-state index contributed by atoms with van der Waals surface area (Å²) in [6.07, 6.45) is 0. The SMILES string of the molecule is Nc1ccc(F)c(F)c1NC(=O)c1sccc1Cl. The van der Waals surface area contributed by atoms with Crippen molar-refractivity contribution in [2.75, 3.05) is 11.1 Å². The highest BCUT2D eigenvalue weighted by molar-refractivity contribution is 7.12. The molecule has 0 aliphatic heterocycles. The predicted octanol–water partition coefficient (Wildman–Crippen LogP) is 3.51. The second kappa shape index (κ2) is 4.91. The van der Waals surface area contributed by atoms with Gasteiger partial charge in [-0.1, -0.05) is 11.6 Å². The van der Waals surface area contributed by atoms with Gasteiger partial charge in [0.1, 0.15) is 10.6 Å². The number of nitrogen functional groups attached to an aromatic ring is 1. The van der Waals surface area contributed by atoms with E-state index in [9.17, 15) is 13.6 Å². The number of anilines is 2. The van der Waals surface area contributed by atoms with Crippen LogP contribution in [0.15, 0.2) is 23.6 Å². The van der Waals surface area contributed by atoms with E-state index >= 15 is 0 Å². The zero-order valence-corrected chi connectivity index (χ0v) is 10.4. The molecule has 7 heteroatoms. The molecule has 18 heavy (non-hydrogen) atoms. The average molecular weight is 289 g/mol. The Morgan fingerprint density at radius 2 is 2.06 bits per heavy atom. The Morgan fingerprint density at radius 1 is 1.33 bits per heavy atom. The maximum Gasteiger partial charge on any atom is 0.267 e. The minimum Gasteiger partial charge on any atom is -0.397 e. The first-order chi connectivity index (χ1) is 8.50. The Hall–Kier alpha value is -1.66. The predicted molar refractivity (Wildman–Crippen MR) is 68.1 cm³/mol. The summed E-state index contributed by atoms with van der Waals surface area (Å²) in [5.41, 5.74) is 5.03. The fourth-order valence-electron chi connectivity index (χ4n) is 1.32. The molecule has 1 heterocycles. The molecular weight excluding hydrogens is 282 g/mol. The van der Waals surface area contributed by atoms with Crippen molar-refractivity contribution >= 4 is 40.2 Å². The van der Waals surface area contributed by atoms with Crippen molar-refractivity contribution in [1.82, 2.24) is 0 Å². The first-order valence-corrected chi connectivity index (χ1v) is 6.04. The maximum atomic E-state index is 13.5. The van der Waals surface area contributed by atoms with Gasteiger partial charge in [-0.3, -0.25) is 4.79 Å². The van der Waals surface area contributed by atoms with E-state index in [-0.39, 0.29) is 21.3 Å². The number of rotatable bonds is 2. The van der Waals surface area contributed by atoms with E-state index in [0.717, 1.165) is 17.4 Å². The highest BCUT2D eigenvalue weighted by Crippen LogP contribution is 2.27. The zero-order chi connectivity index (χ0) is 13.3. The quantitative estimate of drug-likeness (QED) is 0.831.